The first-order valence-electron chi connectivity index (χ1n) is 8.57. The lowest BCUT2D eigenvalue weighted by Crippen LogP contribution is -2.49. The fraction of sp³-hybridized carbons (Fsp3) is 0.556. The molecule has 132 valence electrons. The summed E-state index contributed by atoms with van der Waals surface area (Å²) in [5.74, 6) is 0.767. The number of hydrogen-bond acceptors (Lipinski definition) is 3. The summed E-state index contributed by atoms with van der Waals surface area (Å²) in [5, 5.41) is 5.96. The number of hydrogen-bond donors (Lipinski definition) is 2. The molecule has 1 aromatic carbocycles. The van der Waals surface area contributed by atoms with E-state index in [0.29, 0.717) is 26.1 Å². The van der Waals surface area contributed by atoms with Gasteiger partial charge in [0, 0.05) is 25.7 Å². The van der Waals surface area contributed by atoms with Gasteiger partial charge in [0.2, 0.25) is 5.91 Å². The molecule has 1 fully saturated rings. The number of benzene rings is 1. The van der Waals surface area contributed by atoms with Gasteiger partial charge in [0.1, 0.15) is 5.75 Å². The van der Waals surface area contributed by atoms with Gasteiger partial charge in [-0.2, -0.15) is 0 Å². The third-order valence-corrected chi connectivity index (χ3v) is 4.17. The molecule has 1 saturated heterocycles. The maximum atomic E-state index is 12.2. The van der Waals surface area contributed by atoms with Crippen LogP contribution >= 0.6 is 0 Å². The monoisotopic (exact) mass is 333 g/mol. The van der Waals surface area contributed by atoms with Crippen molar-refractivity contribution >= 4 is 11.9 Å². The molecule has 2 N–H and O–H groups in total. The molecule has 0 aliphatic carbocycles. The molecular weight excluding hydrogens is 306 g/mol. The van der Waals surface area contributed by atoms with Gasteiger partial charge in [-0.15, -0.1) is 0 Å². The van der Waals surface area contributed by atoms with Crippen LogP contribution in [0.2, 0.25) is 0 Å². The average Bonchev–Trinajstić information content (AvgIpc) is 2.60. The summed E-state index contributed by atoms with van der Waals surface area (Å²) >= 11 is 0. The van der Waals surface area contributed by atoms with E-state index in [1.165, 1.54) is 0 Å². The molecular formula is C18H27N3O3. The number of nitrogens with one attached hydrogen (secondary N) is 2. The van der Waals surface area contributed by atoms with Crippen molar-refractivity contribution in [3.63, 3.8) is 0 Å². The van der Waals surface area contributed by atoms with Crippen LogP contribution in [0.25, 0.3) is 0 Å². The number of urea groups is 1. The summed E-state index contributed by atoms with van der Waals surface area (Å²) in [4.78, 5) is 25.9. The summed E-state index contributed by atoms with van der Waals surface area (Å²) in [5.41, 5.74) is 0.934. The van der Waals surface area contributed by atoms with E-state index in [9.17, 15) is 9.59 Å². The van der Waals surface area contributed by atoms with Crippen molar-refractivity contribution in [1.82, 2.24) is 15.5 Å². The number of methoxy groups -OCH3 is 1. The Bertz CT molecular complexity index is 554. The van der Waals surface area contributed by atoms with Crippen LogP contribution in [0.1, 0.15) is 31.7 Å². The van der Waals surface area contributed by atoms with Crippen LogP contribution in [0.5, 0.6) is 5.75 Å². The fourth-order valence-corrected chi connectivity index (χ4v) is 2.82. The SMILES string of the molecule is CCCNC(=O)N1CCC(NC(=O)Cc2cccc(OC)c2)CC1. The van der Waals surface area contributed by atoms with Crippen LogP contribution < -0.4 is 15.4 Å². The van der Waals surface area contributed by atoms with Crippen molar-refractivity contribution in [3.8, 4) is 5.75 Å². The van der Waals surface area contributed by atoms with Gasteiger partial charge in [-0.05, 0) is 37.0 Å². The quantitative estimate of drug-likeness (QED) is 0.836. The summed E-state index contributed by atoms with van der Waals surface area (Å²) in [7, 11) is 1.61. The Labute approximate surface area is 143 Å². The van der Waals surface area contributed by atoms with Crippen molar-refractivity contribution in [2.45, 2.75) is 38.6 Å². The first-order chi connectivity index (χ1) is 11.6. The summed E-state index contributed by atoms with van der Waals surface area (Å²) in [6.45, 7) is 4.10. The molecule has 0 saturated carbocycles. The first kappa shape index (κ1) is 18.1. The second-order valence-electron chi connectivity index (χ2n) is 6.09. The molecule has 0 atom stereocenters. The lowest BCUT2D eigenvalue weighted by Gasteiger charge is -2.32. The number of likely N-dealkylation sites (tertiary alicyclic amines) is 1. The number of piperidine rings is 1. The van der Waals surface area contributed by atoms with Gasteiger partial charge in [0.15, 0.2) is 0 Å². The molecule has 24 heavy (non-hydrogen) atoms. The number of rotatable bonds is 6. The molecule has 1 aliphatic heterocycles. The number of carbonyl (C=O) groups excluding carboxylic acids is 2. The Morgan fingerprint density at radius 1 is 1.29 bits per heavy atom. The molecule has 0 spiro atoms. The second-order valence-corrected chi connectivity index (χ2v) is 6.09. The Balaban J connectivity index is 1.74. The van der Waals surface area contributed by atoms with Gasteiger partial charge in [0.25, 0.3) is 0 Å². The smallest absolute Gasteiger partial charge is 0.317 e. The summed E-state index contributed by atoms with van der Waals surface area (Å²) in [6.07, 6.45) is 2.86. The van der Waals surface area contributed by atoms with Crippen LogP contribution in [0.15, 0.2) is 24.3 Å². The third kappa shape index (κ3) is 5.44. The Kier molecular flexibility index (Phi) is 6.90. The second kappa shape index (κ2) is 9.15. The topological polar surface area (TPSA) is 70.7 Å². The van der Waals surface area contributed by atoms with Crippen LogP contribution in [0.3, 0.4) is 0 Å². The molecule has 2 rings (SSSR count). The standard InChI is InChI=1S/C18H27N3O3/c1-3-9-19-18(23)21-10-7-15(8-11-21)20-17(22)13-14-5-4-6-16(12-14)24-2/h4-6,12,15H,3,7-11,13H2,1-2H3,(H,19,23)(H,20,22). The highest BCUT2D eigenvalue weighted by Crippen LogP contribution is 2.14. The Hall–Kier alpha value is -2.24. The molecule has 0 radical (unpaired) electrons. The van der Waals surface area contributed by atoms with Gasteiger partial charge in [0.05, 0.1) is 13.5 Å². The minimum absolute atomic E-state index is 0.00185. The van der Waals surface area contributed by atoms with Crippen LogP contribution in [-0.4, -0.2) is 49.6 Å². The average molecular weight is 333 g/mol. The van der Waals surface area contributed by atoms with E-state index in [2.05, 4.69) is 10.6 Å². The molecule has 6 nitrogen and oxygen atoms in total. The van der Waals surface area contributed by atoms with E-state index in [4.69, 9.17) is 4.74 Å². The molecule has 1 aliphatic rings. The number of carbonyl (C=O) groups is 2. The Morgan fingerprint density at radius 2 is 2.04 bits per heavy atom. The lowest BCUT2D eigenvalue weighted by atomic mass is 10.0. The van der Waals surface area contributed by atoms with Crippen LogP contribution in [0, 0.1) is 0 Å². The summed E-state index contributed by atoms with van der Waals surface area (Å²) in [6, 6.07) is 7.68. The molecule has 0 bridgehead atoms. The molecule has 3 amide bonds. The van der Waals surface area contributed by atoms with Gasteiger partial charge < -0.3 is 20.3 Å². The predicted molar refractivity (Wildman–Crippen MR) is 93.1 cm³/mol. The van der Waals surface area contributed by atoms with E-state index in [-0.39, 0.29) is 18.0 Å². The van der Waals surface area contributed by atoms with Crippen molar-refractivity contribution in [2.75, 3.05) is 26.7 Å². The Morgan fingerprint density at radius 3 is 2.71 bits per heavy atom. The van der Waals surface area contributed by atoms with Gasteiger partial charge in [-0.25, -0.2) is 4.79 Å². The van der Waals surface area contributed by atoms with E-state index >= 15 is 0 Å². The molecule has 0 aromatic heterocycles. The van der Waals surface area contributed by atoms with E-state index in [1.54, 1.807) is 7.11 Å². The largest absolute Gasteiger partial charge is 0.497 e. The highest BCUT2D eigenvalue weighted by Gasteiger charge is 2.23. The first-order valence-corrected chi connectivity index (χ1v) is 8.57. The van der Waals surface area contributed by atoms with Crippen molar-refractivity contribution in [2.24, 2.45) is 0 Å². The lowest BCUT2D eigenvalue weighted by molar-refractivity contribution is -0.121. The summed E-state index contributed by atoms with van der Waals surface area (Å²) < 4.78 is 5.17. The van der Waals surface area contributed by atoms with Gasteiger partial charge in [-0.3, -0.25) is 4.79 Å². The highest BCUT2D eigenvalue weighted by atomic mass is 16.5. The van der Waals surface area contributed by atoms with E-state index in [0.717, 1.165) is 30.6 Å². The zero-order valence-corrected chi connectivity index (χ0v) is 14.5. The number of ether oxygens (including phenoxy) is 1. The van der Waals surface area contributed by atoms with Crippen LogP contribution in [0.4, 0.5) is 4.79 Å². The van der Waals surface area contributed by atoms with Gasteiger partial charge >= 0.3 is 6.03 Å². The van der Waals surface area contributed by atoms with E-state index in [1.807, 2.05) is 36.1 Å². The number of amides is 3. The molecule has 0 unspecified atom stereocenters. The predicted octanol–water partition coefficient (Wildman–Crippen LogP) is 1.94. The normalized spacial score (nSPS) is 15.0. The molecule has 1 heterocycles. The van der Waals surface area contributed by atoms with Crippen molar-refractivity contribution in [1.29, 1.82) is 0 Å². The zero-order valence-electron chi connectivity index (χ0n) is 14.5. The maximum Gasteiger partial charge on any atom is 0.317 e. The van der Waals surface area contributed by atoms with E-state index < -0.39 is 0 Å². The van der Waals surface area contributed by atoms with Crippen molar-refractivity contribution < 1.29 is 14.3 Å². The number of nitrogens with zero attached hydrogens (tertiary/aromatic N) is 1. The molecule has 1 aromatic rings. The van der Waals surface area contributed by atoms with Gasteiger partial charge in [-0.1, -0.05) is 19.1 Å². The van der Waals surface area contributed by atoms with Crippen LogP contribution in [-0.2, 0) is 11.2 Å². The van der Waals surface area contributed by atoms with Crippen molar-refractivity contribution in [3.05, 3.63) is 29.8 Å². The molecule has 6 heteroatoms. The minimum atomic E-state index is -0.00185. The zero-order chi connectivity index (χ0) is 17.4. The highest BCUT2D eigenvalue weighted by molar-refractivity contribution is 5.79. The third-order valence-electron chi connectivity index (χ3n) is 4.17. The fourth-order valence-electron chi connectivity index (χ4n) is 2.82. The minimum Gasteiger partial charge on any atom is -0.497 e. The maximum absolute atomic E-state index is 12.2.